The van der Waals surface area contributed by atoms with Gasteiger partial charge in [-0.2, -0.15) is 0 Å². The Morgan fingerprint density at radius 3 is 2.43 bits per heavy atom. The van der Waals surface area contributed by atoms with Gasteiger partial charge in [0, 0.05) is 11.6 Å². The van der Waals surface area contributed by atoms with Gasteiger partial charge in [0.2, 0.25) is 10.0 Å². The zero-order chi connectivity index (χ0) is 20.3. The third-order valence-corrected chi connectivity index (χ3v) is 6.35. The normalized spacial score (nSPS) is 15.1. The molecule has 0 bridgehead atoms. The molecule has 0 spiro atoms. The fourth-order valence-electron chi connectivity index (χ4n) is 2.97. The molecule has 28 heavy (non-hydrogen) atoms. The predicted molar refractivity (Wildman–Crippen MR) is 108 cm³/mol. The van der Waals surface area contributed by atoms with E-state index in [0.29, 0.717) is 0 Å². The maximum atomic E-state index is 12.8. The lowest BCUT2D eigenvalue weighted by molar-refractivity contribution is 0.0935. The van der Waals surface area contributed by atoms with E-state index in [9.17, 15) is 13.2 Å². The van der Waals surface area contributed by atoms with E-state index in [1.54, 1.807) is 6.07 Å². The van der Waals surface area contributed by atoms with Gasteiger partial charge in [0.1, 0.15) is 10.6 Å². The van der Waals surface area contributed by atoms with Crippen molar-refractivity contribution in [1.29, 1.82) is 0 Å². The monoisotopic (exact) mass is 402 g/mol. The summed E-state index contributed by atoms with van der Waals surface area (Å²) in [6, 6.07) is 12.3. The third kappa shape index (κ3) is 4.72. The van der Waals surface area contributed by atoms with Crippen LogP contribution in [0.25, 0.3) is 0 Å². The molecule has 2 N–H and O–H groups in total. The van der Waals surface area contributed by atoms with Crippen LogP contribution in [0.15, 0.2) is 47.4 Å². The van der Waals surface area contributed by atoms with Gasteiger partial charge in [-0.25, -0.2) is 13.1 Å². The van der Waals surface area contributed by atoms with Crippen LogP contribution in [0.2, 0.25) is 0 Å². The van der Waals surface area contributed by atoms with Crippen molar-refractivity contribution in [3.63, 3.8) is 0 Å². The highest BCUT2D eigenvalue weighted by molar-refractivity contribution is 7.89. The summed E-state index contributed by atoms with van der Waals surface area (Å²) in [7, 11) is -2.33. The Morgan fingerprint density at radius 2 is 1.86 bits per heavy atom. The van der Waals surface area contributed by atoms with E-state index in [1.807, 2.05) is 38.1 Å². The number of nitrogens with one attached hydrogen (secondary N) is 2. The van der Waals surface area contributed by atoms with Crippen LogP contribution in [-0.4, -0.2) is 27.5 Å². The summed E-state index contributed by atoms with van der Waals surface area (Å²) in [4.78, 5) is 12.8. The molecule has 1 amide bonds. The van der Waals surface area contributed by atoms with Crippen LogP contribution in [0.5, 0.6) is 5.75 Å². The summed E-state index contributed by atoms with van der Waals surface area (Å²) in [5.74, 6) is -0.103. The van der Waals surface area contributed by atoms with Crippen molar-refractivity contribution in [1.82, 2.24) is 10.0 Å². The number of aryl methyl sites for hydroxylation is 1. The maximum Gasteiger partial charge on any atom is 0.251 e. The zero-order valence-corrected chi connectivity index (χ0v) is 17.2. The molecule has 1 aliphatic carbocycles. The summed E-state index contributed by atoms with van der Waals surface area (Å²) < 4.78 is 33.1. The first-order chi connectivity index (χ1) is 13.3. The number of methoxy groups -OCH3 is 1. The second-order valence-electron chi connectivity index (χ2n) is 7.11. The van der Waals surface area contributed by atoms with Crippen molar-refractivity contribution in [2.45, 2.75) is 50.1 Å². The minimum atomic E-state index is -3.74. The molecule has 0 aromatic heterocycles. The predicted octanol–water partition coefficient (Wildman–Crippen LogP) is 3.33. The van der Waals surface area contributed by atoms with Crippen molar-refractivity contribution in [2.24, 2.45) is 0 Å². The zero-order valence-electron chi connectivity index (χ0n) is 16.4. The Kier molecular flexibility index (Phi) is 6.05. The molecule has 150 valence electrons. The summed E-state index contributed by atoms with van der Waals surface area (Å²) in [6.07, 6.45) is 2.38. The summed E-state index contributed by atoms with van der Waals surface area (Å²) in [5.41, 5.74) is 2.44. The number of rotatable bonds is 8. The number of benzene rings is 2. The number of ether oxygens (including phenoxy) is 1. The second kappa shape index (κ2) is 8.32. The Bertz CT molecular complexity index is 951. The quantitative estimate of drug-likeness (QED) is 0.709. The first-order valence-electron chi connectivity index (χ1n) is 9.42. The SMILES string of the molecule is CC[C@H](NC(=O)c1ccc(OC)c(S(=O)(=O)NC2CC2)c1)c1ccc(C)cc1. The molecule has 0 heterocycles. The molecule has 1 atom stereocenters. The number of hydrogen-bond acceptors (Lipinski definition) is 4. The minimum Gasteiger partial charge on any atom is -0.495 e. The van der Waals surface area contributed by atoms with Crippen molar-refractivity contribution in [3.05, 3.63) is 59.2 Å². The second-order valence-corrected chi connectivity index (χ2v) is 8.79. The fourth-order valence-corrected chi connectivity index (χ4v) is 4.47. The summed E-state index contributed by atoms with van der Waals surface area (Å²) in [6.45, 7) is 4.01. The van der Waals surface area contributed by atoms with Crippen molar-refractivity contribution in [2.75, 3.05) is 7.11 Å². The Hall–Kier alpha value is -2.38. The van der Waals surface area contributed by atoms with E-state index in [4.69, 9.17) is 4.74 Å². The van der Waals surface area contributed by atoms with Gasteiger partial charge in [-0.1, -0.05) is 36.8 Å². The summed E-state index contributed by atoms with van der Waals surface area (Å²) in [5, 5.41) is 2.99. The first kappa shape index (κ1) is 20.4. The molecule has 1 aliphatic rings. The highest BCUT2D eigenvalue weighted by atomic mass is 32.2. The first-order valence-corrected chi connectivity index (χ1v) is 10.9. The van der Waals surface area contributed by atoms with Crippen LogP contribution in [0.1, 0.15) is 53.7 Å². The lowest BCUT2D eigenvalue weighted by Gasteiger charge is -2.18. The number of hydrogen-bond donors (Lipinski definition) is 2. The highest BCUT2D eigenvalue weighted by Gasteiger charge is 2.30. The fraction of sp³-hybridized carbons (Fsp3) is 0.381. The molecule has 1 fully saturated rings. The van der Waals surface area contributed by atoms with E-state index in [2.05, 4.69) is 10.0 Å². The van der Waals surface area contributed by atoms with Gasteiger partial charge in [-0.3, -0.25) is 4.79 Å². The van der Waals surface area contributed by atoms with Gasteiger partial charge in [-0.15, -0.1) is 0 Å². The molecular formula is C21H26N2O4S. The van der Waals surface area contributed by atoms with Gasteiger partial charge in [0.25, 0.3) is 5.91 Å². The van der Waals surface area contributed by atoms with Crippen molar-refractivity contribution >= 4 is 15.9 Å². The molecular weight excluding hydrogens is 376 g/mol. The molecule has 0 aliphatic heterocycles. The van der Waals surface area contributed by atoms with E-state index in [1.165, 1.54) is 19.2 Å². The minimum absolute atomic E-state index is 0.0158. The van der Waals surface area contributed by atoms with E-state index in [-0.39, 0.29) is 34.2 Å². The standard InChI is InChI=1S/C21H26N2O4S/c1-4-18(15-7-5-14(2)6-8-15)22-21(24)16-9-12-19(27-3)20(13-16)28(25,26)23-17-10-11-17/h5-9,12-13,17-18,23H,4,10-11H2,1-3H3,(H,22,24)/t18-/m0/s1. The Morgan fingerprint density at radius 1 is 1.18 bits per heavy atom. The average Bonchev–Trinajstić information content (AvgIpc) is 3.49. The van der Waals surface area contributed by atoms with Crippen molar-refractivity contribution < 1.29 is 17.9 Å². The Balaban J connectivity index is 1.84. The topological polar surface area (TPSA) is 84.5 Å². The Labute approximate surface area is 166 Å². The van der Waals surface area contributed by atoms with E-state index >= 15 is 0 Å². The molecule has 3 rings (SSSR count). The van der Waals surface area contributed by atoms with E-state index in [0.717, 1.165) is 30.4 Å². The van der Waals surface area contributed by atoms with Gasteiger partial charge in [0.15, 0.2) is 0 Å². The van der Waals surface area contributed by atoms with E-state index < -0.39 is 10.0 Å². The highest BCUT2D eigenvalue weighted by Crippen LogP contribution is 2.28. The van der Waals surface area contributed by atoms with Crippen LogP contribution in [0.4, 0.5) is 0 Å². The molecule has 1 saturated carbocycles. The smallest absolute Gasteiger partial charge is 0.251 e. The van der Waals surface area contributed by atoms with Crippen LogP contribution in [0, 0.1) is 6.92 Å². The molecule has 7 heteroatoms. The third-order valence-electron chi connectivity index (χ3n) is 4.81. The van der Waals surface area contributed by atoms with Gasteiger partial charge < -0.3 is 10.1 Å². The molecule has 6 nitrogen and oxygen atoms in total. The molecule has 0 unspecified atom stereocenters. The molecule has 0 radical (unpaired) electrons. The number of amides is 1. The lowest BCUT2D eigenvalue weighted by Crippen LogP contribution is -2.29. The number of carbonyl (C=O) groups excluding carboxylic acids is 1. The van der Waals surface area contributed by atoms with Crippen molar-refractivity contribution in [3.8, 4) is 5.75 Å². The summed E-state index contributed by atoms with van der Waals surface area (Å²) >= 11 is 0. The van der Waals surface area contributed by atoms with Crippen LogP contribution in [0.3, 0.4) is 0 Å². The largest absolute Gasteiger partial charge is 0.495 e. The molecule has 2 aromatic carbocycles. The van der Waals surface area contributed by atoms with Gasteiger partial charge >= 0.3 is 0 Å². The molecule has 2 aromatic rings. The number of carbonyl (C=O) groups is 1. The lowest BCUT2D eigenvalue weighted by atomic mass is 10.0. The van der Waals surface area contributed by atoms with Crippen LogP contribution < -0.4 is 14.8 Å². The maximum absolute atomic E-state index is 12.8. The molecule has 0 saturated heterocycles. The van der Waals surface area contributed by atoms with Crippen LogP contribution in [-0.2, 0) is 10.0 Å². The van der Waals surface area contributed by atoms with Gasteiger partial charge in [-0.05, 0) is 49.9 Å². The van der Waals surface area contributed by atoms with Gasteiger partial charge in [0.05, 0.1) is 13.2 Å². The van der Waals surface area contributed by atoms with Crippen LogP contribution >= 0.6 is 0 Å². The average molecular weight is 403 g/mol. The number of sulfonamides is 1.